The van der Waals surface area contributed by atoms with E-state index < -0.39 is 0 Å². The SMILES string of the molecule is CN(C)CCOC(=O)N(C)CCc1ccc([S+](c2ccccc2)c2ccccc2)cc1.CN(CCc1ccc([S+](c2ccccc2)c2ccccc2)cc1)C(=O)CN1CCOCC1.O=C(CN1CCOCC1)SCCc1ccc([S+](c2ccccc2)c2ccccc2)cc1. The van der Waals surface area contributed by atoms with Crippen molar-refractivity contribution in [1.29, 1.82) is 0 Å². The van der Waals surface area contributed by atoms with Gasteiger partial charge in [0.2, 0.25) is 11.0 Å². The number of amides is 2. The Balaban J connectivity index is 0.000000166. The van der Waals surface area contributed by atoms with Gasteiger partial charge in [-0.1, -0.05) is 157 Å². The number of thioether (sulfide) groups is 1. The van der Waals surface area contributed by atoms with Crippen LogP contribution in [0.1, 0.15) is 16.7 Å². The summed E-state index contributed by atoms with van der Waals surface area (Å²) < 4.78 is 16.0. The Hall–Kier alpha value is -7.41. The third-order valence-corrected chi connectivity index (χ3v) is 23.4. The largest absolute Gasteiger partial charge is 0.448 e. The van der Waals surface area contributed by atoms with Crippen molar-refractivity contribution in [2.75, 3.05) is 126 Å². The summed E-state index contributed by atoms with van der Waals surface area (Å²) in [5, 5.41) is 0.258. The number of nitrogens with zero attached hydrogens (tertiary/aromatic N) is 5. The second kappa shape index (κ2) is 38.8. The number of carbonyl (C=O) groups excluding carboxylic acids is 3. The predicted octanol–water partition coefficient (Wildman–Crippen LogP) is 14.0. The number of ether oxygens (including phenoxy) is 3. The van der Waals surface area contributed by atoms with Crippen LogP contribution in [-0.4, -0.2) is 167 Å². The van der Waals surface area contributed by atoms with Crippen molar-refractivity contribution in [1.82, 2.24) is 24.5 Å². The Kier molecular flexibility index (Phi) is 29.3. The molecule has 0 spiro atoms. The molecule has 0 bridgehead atoms. The molecule has 15 heteroatoms. The van der Waals surface area contributed by atoms with Gasteiger partial charge in [-0.2, -0.15) is 0 Å². The first kappa shape index (κ1) is 70.9. The Labute approximate surface area is 571 Å². The molecule has 2 amide bonds. The van der Waals surface area contributed by atoms with Gasteiger partial charge in [0.05, 0.1) is 72.2 Å². The minimum atomic E-state index is -0.270. The number of aryl methyl sites for hydroxylation is 1. The molecule has 0 unspecified atom stereocenters. The highest BCUT2D eigenvalue weighted by atomic mass is 32.2. The van der Waals surface area contributed by atoms with Crippen LogP contribution in [0.5, 0.6) is 0 Å². The molecule has 2 aliphatic rings. The van der Waals surface area contributed by atoms with Crippen molar-refractivity contribution in [3.05, 3.63) is 271 Å². The van der Waals surface area contributed by atoms with E-state index in [9.17, 15) is 14.4 Å². The van der Waals surface area contributed by atoms with Crippen LogP contribution in [0.4, 0.5) is 4.79 Å². The Morgan fingerprint density at radius 2 is 0.681 bits per heavy atom. The van der Waals surface area contributed by atoms with Crippen molar-refractivity contribution in [2.45, 2.75) is 63.3 Å². The average molecular weight is 1330 g/mol. The molecule has 0 aliphatic carbocycles. The second-order valence-corrected chi connectivity index (χ2v) is 30.4. The predicted molar refractivity (Wildman–Crippen MR) is 388 cm³/mol. The molecule has 0 saturated carbocycles. The molecule has 94 heavy (non-hydrogen) atoms. The molecule has 0 radical (unpaired) electrons. The fraction of sp³-hybridized carbons (Fsp3) is 0.278. The maximum absolute atomic E-state index is 12.5. The van der Waals surface area contributed by atoms with Crippen molar-refractivity contribution >= 4 is 61.6 Å². The molecule has 11 nitrogen and oxygen atoms in total. The number of carbonyl (C=O) groups is 3. The number of hydrogen-bond donors (Lipinski definition) is 0. The number of rotatable bonds is 25. The second-order valence-electron chi connectivity index (χ2n) is 23.1. The van der Waals surface area contributed by atoms with E-state index in [2.05, 4.69) is 265 Å². The van der Waals surface area contributed by atoms with Crippen molar-refractivity contribution < 1.29 is 28.6 Å². The number of benzene rings is 9. The van der Waals surface area contributed by atoms with Crippen molar-refractivity contribution in [3.8, 4) is 0 Å². The Morgan fingerprint density at radius 3 is 1.01 bits per heavy atom. The molecule has 488 valence electrons. The molecular weight excluding hydrogens is 1240 g/mol. The Bertz CT molecular complexity index is 3490. The van der Waals surface area contributed by atoms with Gasteiger partial charge in [-0.15, -0.1) is 0 Å². The lowest BCUT2D eigenvalue weighted by atomic mass is 10.1. The highest BCUT2D eigenvalue weighted by Crippen LogP contribution is 2.34. The molecule has 11 rings (SSSR count). The van der Waals surface area contributed by atoms with Crippen LogP contribution in [0, 0.1) is 0 Å². The van der Waals surface area contributed by atoms with E-state index in [-0.39, 0.29) is 49.8 Å². The van der Waals surface area contributed by atoms with Crippen LogP contribution >= 0.6 is 11.8 Å². The first-order chi connectivity index (χ1) is 46.0. The van der Waals surface area contributed by atoms with E-state index in [0.717, 1.165) is 90.7 Å². The molecule has 2 heterocycles. The normalized spacial score (nSPS) is 13.4. The lowest BCUT2D eigenvalue weighted by Gasteiger charge is -2.28. The van der Waals surface area contributed by atoms with E-state index >= 15 is 0 Å². The highest BCUT2D eigenvalue weighted by Gasteiger charge is 2.31. The van der Waals surface area contributed by atoms with Crippen LogP contribution < -0.4 is 0 Å². The van der Waals surface area contributed by atoms with E-state index in [0.29, 0.717) is 26.2 Å². The third-order valence-electron chi connectivity index (χ3n) is 15.9. The van der Waals surface area contributed by atoms with E-state index in [4.69, 9.17) is 14.2 Å². The van der Waals surface area contributed by atoms with Crippen molar-refractivity contribution in [2.24, 2.45) is 0 Å². The van der Waals surface area contributed by atoms with E-state index in [1.54, 1.807) is 11.9 Å². The van der Waals surface area contributed by atoms with Crippen LogP contribution in [-0.2, 0) is 75.7 Å². The summed E-state index contributed by atoms with van der Waals surface area (Å²) in [6.07, 6.45) is 2.29. The minimum Gasteiger partial charge on any atom is -0.448 e. The average Bonchev–Trinajstić information content (AvgIpc) is 0.963. The zero-order valence-electron chi connectivity index (χ0n) is 54.8. The maximum Gasteiger partial charge on any atom is 0.409 e. The molecule has 2 saturated heterocycles. The molecule has 2 fully saturated rings. The van der Waals surface area contributed by atoms with Gasteiger partial charge in [0.1, 0.15) is 6.61 Å². The van der Waals surface area contributed by atoms with Crippen molar-refractivity contribution in [3.63, 3.8) is 0 Å². The monoisotopic (exact) mass is 1330 g/mol. The van der Waals surface area contributed by atoms with Crippen LogP contribution in [0.15, 0.2) is 299 Å². The van der Waals surface area contributed by atoms with Gasteiger partial charge in [0.15, 0.2) is 44.1 Å². The quantitative estimate of drug-likeness (QED) is 0.0515. The molecule has 0 aromatic heterocycles. The van der Waals surface area contributed by atoms with Gasteiger partial charge < -0.3 is 28.9 Å². The summed E-state index contributed by atoms with van der Waals surface area (Å²) in [5.41, 5.74) is 3.74. The molecule has 2 aliphatic heterocycles. The fourth-order valence-electron chi connectivity index (χ4n) is 10.5. The van der Waals surface area contributed by atoms with Gasteiger partial charge in [-0.25, -0.2) is 4.79 Å². The zero-order valence-corrected chi connectivity index (χ0v) is 58.1. The van der Waals surface area contributed by atoms with Gasteiger partial charge in [0, 0.05) is 65.7 Å². The van der Waals surface area contributed by atoms with E-state index in [1.165, 1.54) is 72.5 Å². The molecule has 0 N–H and O–H groups in total. The maximum atomic E-state index is 12.5. The molecule has 0 atom stereocenters. The van der Waals surface area contributed by atoms with Crippen LogP contribution in [0.2, 0.25) is 0 Å². The molecule has 9 aromatic carbocycles. The summed E-state index contributed by atoms with van der Waals surface area (Å²) in [6, 6.07) is 90.7. The topological polar surface area (TPSA) is 95.1 Å². The van der Waals surface area contributed by atoms with Gasteiger partial charge in [-0.3, -0.25) is 19.4 Å². The lowest BCUT2D eigenvalue weighted by molar-refractivity contribution is -0.132. The number of morpholine rings is 2. The summed E-state index contributed by atoms with van der Waals surface area (Å²) in [7, 11) is 7.23. The first-order valence-electron chi connectivity index (χ1n) is 32.4. The van der Waals surface area contributed by atoms with Gasteiger partial charge in [-0.05, 0) is 159 Å². The number of hydrogen-bond acceptors (Lipinski definition) is 10. The van der Waals surface area contributed by atoms with Gasteiger partial charge in [0.25, 0.3) is 0 Å². The standard InChI is InChI=1S/C27H31N2O2S.C26H31N2O2S.C26H28NO2S2/c1-28(27(30)22-29-18-20-31-21-19-29)17-16-23-12-14-26(15-13-23)32(24-8-4-2-5-9-24)25-10-6-3-7-11-25;1-27(2)20-21-30-26(29)28(3)19-18-22-14-16-25(17-15-22)31(23-10-6-4-7-11-23)24-12-8-5-9-13-24;28-26(21-27-16-18-29-19-17-27)30-20-15-22-11-13-25(14-12-22)31(23-7-3-1-4-8-23)24-9-5-2-6-10-24/h2-15H,16-22H2,1H3;4-17H,18-21H2,1-3H3;1-14H,15-21H2/q3*+1. The summed E-state index contributed by atoms with van der Waals surface area (Å²) in [6.45, 7) is 9.81. The van der Waals surface area contributed by atoms with Gasteiger partial charge >= 0.3 is 6.09 Å². The third kappa shape index (κ3) is 22.9. The Morgan fingerprint density at radius 1 is 0.383 bits per heavy atom. The highest BCUT2D eigenvalue weighted by molar-refractivity contribution is 8.13. The number of likely N-dealkylation sites (N-methyl/N-ethyl adjacent to an activating group) is 3. The van der Waals surface area contributed by atoms with E-state index in [1.807, 2.05) is 30.9 Å². The summed E-state index contributed by atoms with van der Waals surface area (Å²) in [5.74, 6) is 1.00. The summed E-state index contributed by atoms with van der Waals surface area (Å²) in [4.78, 5) is 58.5. The first-order valence-corrected chi connectivity index (χ1v) is 37.0. The smallest absolute Gasteiger partial charge is 0.409 e. The minimum absolute atomic E-state index is 0.115. The van der Waals surface area contributed by atoms with Crippen LogP contribution in [0.3, 0.4) is 0 Å². The molecular formula is C79H90N5O6S4+3. The fourth-order valence-corrected chi connectivity index (χ4v) is 17.6. The summed E-state index contributed by atoms with van der Waals surface area (Å²) >= 11 is 1.45. The zero-order chi connectivity index (χ0) is 65.5. The lowest BCUT2D eigenvalue weighted by Crippen LogP contribution is -2.44. The molecule has 9 aromatic rings. The van der Waals surface area contributed by atoms with Crippen LogP contribution in [0.25, 0.3) is 0 Å².